The lowest BCUT2D eigenvalue weighted by atomic mass is 10.1. The molecule has 0 bridgehead atoms. The highest BCUT2D eigenvalue weighted by atomic mass is 16.5. The van der Waals surface area contributed by atoms with Gasteiger partial charge in [0.15, 0.2) is 0 Å². The molecule has 19 heavy (non-hydrogen) atoms. The van der Waals surface area contributed by atoms with Crippen molar-refractivity contribution in [3.05, 3.63) is 29.8 Å². The lowest BCUT2D eigenvalue weighted by Crippen LogP contribution is -2.28. The van der Waals surface area contributed by atoms with Crippen LogP contribution in [0.25, 0.3) is 0 Å². The predicted octanol–water partition coefficient (Wildman–Crippen LogP) is 2.63. The molecule has 1 rings (SSSR count). The Morgan fingerprint density at radius 1 is 1.37 bits per heavy atom. The summed E-state index contributed by atoms with van der Waals surface area (Å²) in [5, 5.41) is 8.89. The summed E-state index contributed by atoms with van der Waals surface area (Å²) in [6.07, 6.45) is 0.153. The average Bonchev–Trinajstić information content (AvgIpc) is 2.27. The maximum absolute atomic E-state index is 10.8. The van der Waals surface area contributed by atoms with Gasteiger partial charge in [0.25, 0.3) is 0 Å². The minimum atomic E-state index is -0.760. The molecule has 4 nitrogen and oxygen atoms in total. The number of hydrogen-bond acceptors (Lipinski definition) is 3. The number of nitrogens with zero attached hydrogens (tertiary/aromatic N) is 1. The lowest BCUT2D eigenvalue weighted by Gasteiger charge is -2.19. The van der Waals surface area contributed by atoms with Crippen molar-refractivity contribution in [2.24, 2.45) is 5.92 Å². The molecule has 1 unspecified atom stereocenters. The first-order valence-corrected chi connectivity index (χ1v) is 6.55. The van der Waals surface area contributed by atoms with E-state index in [0.717, 1.165) is 11.3 Å². The molecule has 0 aliphatic rings. The summed E-state index contributed by atoms with van der Waals surface area (Å²) >= 11 is 0. The van der Waals surface area contributed by atoms with E-state index < -0.39 is 5.97 Å². The summed E-state index contributed by atoms with van der Waals surface area (Å²) in [5.74, 6) is -0.268. The standard InChI is InChI=1S/C15H23NO3/c1-11(2)19-14-7-5-6-13(8-14)10-16(4)9-12(3)15(17)18/h5-8,11-12H,9-10H2,1-4H3,(H,17,18). The Kier molecular flexibility index (Phi) is 5.83. The van der Waals surface area contributed by atoms with Gasteiger partial charge in [0.2, 0.25) is 0 Å². The maximum Gasteiger partial charge on any atom is 0.307 e. The minimum Gasteiger partial charge on any atom is -0.491 e. The number of carbonyl (C=O) groups is 1. The summed E-state index contributed by atoms with van der Waals surface area (Å²) in [5.41, 5.74) is 1.12. The van der Waals surface area contributed by atoms with E-state index in [2.05, 4.69) is 0 Å². The van der Waals surface area contributed by atoms with Crippen LogP contribution in [0.3, 0.4) is 0 Å². The van der Waals surface area contributed by atoms with Crippen molar-refractivity contribution in [1.29, 1.82) is 0 Å². The second kappa shape index (κ2) is 7.14. The number of carboxylic acid groups (broad SMARTS) is 1. The fraction of sp³-hybridized carbons (Fsp3) is 0.533. The van der Waals surface area contributed by atoms with Gasteiger partial charge in [0, 0.05) is 13.1 Å². The van der Waals surface area contributed by atoms with Gasteiger partial charge in [-0.15, -0.1) is 0 Å². The molecule has 0 amide bonds. The smallest absolute Gasteiger partial charge is 0.307 e. The van der Waals surface area contributed by atoms with Crippen LogP contribution in [0.5, 0.6) is 5.75 Å². The van der Waals surface area contributed by atoms with E-state index in [1.807, 2.05) is 50.1 Å². The molecule has 0 radical (unpaired) electrons. The molecule has 0 aromatic heterocycles. The fourth-order valence-electron chi connectivity index (χ4n) is 1.91. The highest BCUT2D eigenvalue weighted by molar-refractivity contribution is 5.69. The van der Waals surface area contributed by atoms with Gasteiger partial charge < -0.3 is 14.7 Å². The van der Waals surface area contributed by atoms with E-state index in [0.29, 0.717) is 13.1 Å². The van der Waals surface area contributed by atoms with Crippen LogP contribution in [-0.2, 0) is 11.3 Å². The molecule has 0 saturated heterocycles. The molecule has 0 saturated carbocycles. The van der Waals surface area contributed by atoms with Crippen molar-refractivity contribution in [1.82, 2.24) is 4.90 Å². The third kappa shape index (κ3) is 5.75. The Morgan fingerprint density at radius 2 is 2.05 bits per heavy atom. The number of ether oxygens (including phenoxy) is 1. The summed E-state index contributed by atoms with van der Waals surface area (Å²) in [6.45, 7) is 6.95. The molecule has 1 N–H and O–H groups in total. The van der Waals surface area contributed by atoms with Crippen LogP contribution < -0.4 is 4.74 Å². The monoisotopic (exact) mass is 265 g/mol. The molecule has 0 spiro atoms. The van der Waals surface area contributed by atoms with E-state index in [1.54, 1.807) is 6.92 Å². The molecule has 4 heteroatoms. The Hall–Kier alpha value is -1.55. The van der Waals surface area contributed by atoms with Crippen LogP contribution in [0.2, 0.25) is 0 Å². The number of rotatable bonds is 7. The van der Waals surface area contributed by atoms with Crippen LogP contribution in [0.15, 0.2) is 24.3 Å². The van der Waals surface area contributed by atoms with Crippen LogP contribution >= 0.6 is 0 Å². The Balaban J connectivity index is 2.58. The van der Waals surface area contributed by atoms with Gasteiger partial charge >= 0.3 is 5.97 Å². The van der Waals surface area contributed by atoms with Crippen LogP contribution in [-0.4, -0.2) is 35.7 Å². The van der Waals surface area contributed by atoms with E-state index in [1.165, 1.54) is 0 Å². The molecule has 106 valence electrons. The van der Waals surface area contributed by atoms with Crippen molar-refractivity contribution >= 4 is 5.97 Å². The summed E-state index contributed by atoms with van der Waals surface area (Å²) in [7, 11) is 1.93. The topological polar surface area (TPSA) is 49.8 Å². The molecule has 0 fully saturated rings. The first-order chi connectivity index (χ1) is 8.88. The second-order valence-electron chi connectivity index (χ2n) is 5.25. The summed E-state index contributed by atoms with van der Waals surface area (Å²) in [4.78, 5) is 12.8. The number of hydrogen-bond donors (Lipinski definition) is 1. The van der Waals surface area contributed by atoms with Gasteiger partial charge in [-0.05, 0) is 38.6 Å². The van der Waals surface area contributed by atoms with E-state index in [9.17, 15) is 4.79 Å². The van der Waals surface area contributed by atoms with Crippen molar-refractivity contribution in [2.45, 2.75) is 33.4 Å². The molecule has 1 aromatic carbocycles. The molecule has 0 aliphatic carbocycles. The summed E-state index contributed by atoms with van der Waals surface area (Å²) < 4.78 is 5.64. The molecule has 0 heterocycles. The highest BCUT2D eigenvalue weighted by Gasteiger charge is 2.13. The predicted molar refractivity (Wildman–Crippen MR) is 75.3 cm³/mol. The van der Waals surface area contributed by atoms with Gasteiger partial charge in [-0.2, -0.15) is 0 Å². The normalized spacial score (nSPS) is 12.7. The highest BCUT2D eigenvalue weighted by Crippen LogP contribution is 2.16. The summed E-state index contributed by atoms with van der Waals surface area (Å²) in [6, 6.07) is 7.92. The first kappa shape index (κ1) is 15.5. The van der Waals surface area contributed by atoms with Gasteiger partial charge in [-0.3, -0.25) is 4.79 Å². The average molecular weight is 265 g/mol. The van der Waals surface area contributed by atoms with Crippen molar-refractivity contribution in [2.75, 3.05) is 13.6 Å². The van der Waals surface area contributed by atoms with Crippen molar-refractivity contribution in [3.63, 3.8) is 0 Å². The van der Waals surface area contributed by atoms with E-state index in [-0.39, 0.29) is 12.0 Å². The Labute approximate surface area is 115 Å². The van der Waals surface area contributed by atoms with E-state index in [4.69, 9.17) is 9.84 Å². The molecule has 1 aromatic rings. The Morgan fingerprint density at radius 3 is 2.63 bits per heavy atom. The van der Waals surface area contributed by atoms with E-state index >= 15 is 0 Å². The quantitative estimate of drug-likeness (QED) is 0.823. The maximum atomic E-state index is 10.8. The van der Waals surface area contributed by atoms with Crippen molar-refractivity contribution in [3.8, 4) is 5.75 Å². The zero-order valence-electron chi connectivity index (χ0n) is 12.1. The SMILES string of the molecule is CC(C)Oc1cccc(CN(C)CC(C)C(=O)O)c1. The van der Waals surface area contributed by atoms with Gasteiger partial charge in [0.1, 0.15) is 5.75 Å². The van der Waals surface area contributed by atoms with Crippen molar-refractivity contribution < 1.29 is 14.6 Å². The number of benzene rings is 1. The zero-order chi connectivity index (χ0) is 14.4. The number of aliphatic carboxylic acids is 1. The lowest BCUT2D eigenvalue weighted by molar-refractivity contribution is -0.141. The van der Waals surface area contributed by atoms with Crippen LogP contribution in [0, 0.1) is 5.92 Å². The molecular weight excluding hydrogens is 242 g/mol. The van der Waals surface area contributed by atoms with Gasteiger partial charge in [-0.1, -0.05) is 19.1 Å². The van der Waals surface area contributed by atoms with Gasteiger partial charge in [-0.25, -0.2) is 0 Å². The Bertz CT molecular complexity index is 418. The molecule has 0 aliphatic heterocycles. The minimum absolute atomic E-state index is 0.153. The molecule has 1 atom stereocenters. The molecular formula is C15H23NO3. The first-order valence-electron chi connectivity index (χ1n) is 6.55. The van der Waals surface area contributed by atoms with Crippen LogP contribution in [0.4, 0.5) is 0 Å². The van der Waals surface area contributed by atoms with Gasteiger partial charge in [0.05, 0.1) is 12.0 Å². The fourth-order valence-corrected chi connectivity index (χ4v) is 1.91. The largest absolute Gasteiger partial charge is 0.491 e. The number of carboxylic acids is 1. The third-order valence-corrected chi connectivity index (χ3v) is 2.73. The second-order valence-corrected chi connectivity index (χ2v) is 5.25. The third-order valence-electron chi connectivity index (χ3n) is 2.73. The van der Waals surface area contributed by atoms with Crippen LogP contribution in [0.1, 0.15) is 26.3 Å². The zero-order valence-corrected chi connectivity index (χ0v) is 12.1.